The Balaban J connectivity index is 1.51. The van der Waals surface area contributed by atoms with Gasteiger partial charge in [0.05, 0.1) is 17.7 Å². The molecule has 0 aliphatic carbocycles. The third kappa shape index (κ3) is 4.99. The topological polar surface area (TPSA) is 108 Å². The van der Waals surface area contributed by atoms with E-state index < -0.39 is 15.8 Å². The molecule has 0 amide bonds. The fourth-order valence-electron chi connectivity index (χ4n) is 3.29. The van der Waals surface area contributed by atoms with Gasteiger partial charge in [-0.15, -0.1) is 0 Å². The molecule has 0 saturated heterocycles. The molecule has 0 atom stereocenters. The van der Waals surface area contributed by atoms with E-state index in [1.54, 1.807) is 29.8 Å². The van der Waals surface area contributed by atoms with Gasteiger partial charge in [0.2, 0.25) is 5.88 Å². The van der Waals surface area contributed by atoms with Crippen molar-refractivity contribution in [1.29, 1.82) is 0 Å². The average Bonchev–Trinajstić information content (AvgIpc) is 3.12. The van der Waals surface area contributed by atoms with Gasteiger partial charge in [-0.25, -0.2) is 22.5 Å². The third-order valence-electron chi connectivity index (χ3n) is 4.79. The van der Waals surface area contributed by atoms with E-state index in [1.807, 2.05) is 19.9 Å². The lowest BCUT2D eigenvalue weighted by molar-refractivity contribution is 0.385. The summed E-state index contributed by atoms with van der Waals surface area (Å²) < 4.78 is 53.9. The van der Waals surface area contributed by atoms with Gasteiger partial charge in [0.25, 0.3) is 10.0 Å². The van der Waals surface area contributed by atoms with Crippen molar-refractivity contribution >= 4 is 15.7 Å². The van der Waals surface area contributed by atoms with Gasteiger partial charge < -0.3 is 9.47 Å². The van der Waals surface area contributed by atoms with E-state index in [-0.39, 0.29) is 16.3 Å². The molecule has 0 radical (unpaired) electrons. The number of ether oxygens (including phenoxy) is 2. The molecular weight excluding hydrogens is 461 g/mol. The summed E-state index contributed by atoms with van der Waals surface area (Å²) in [6.07, 6.45) is 0. The summed E-state index contributed by atoms with van der Waals surface area (Å²) in [5.74, 6) is 1.03. The van der Waals surface area contributed by atoms with Gasteiger partial charge in [-0.1, -0.05) is 0 Å². The van der Waals surface area contributed by atoms with E-state index in [9.17, 15) is 12.8 Å². The summed E-state index contributed by atoms with van der Waals surface area (Å²) in [4.78, 5) is 8.50. The maximum absolute atomic E-state index is 13.9. The molecule has 9 nitrogen and oxygen atoms in total. The lowest BCUT2D eigenvalue weighted by Gasteiger charge is -2.11. The Kier molecular flexibility index (Phi) is 6.20. The van der Waals surface area contributed by atoms with Gasteiger partial charge >= 0.3 is 0 Å². The van der Waals surface area contributed by atoms with Gasteiger partial charge in [-0.05, 0) is 69.3 Å². The van der Waals surface area contributed by atoms with Crippen LogP contribution in [0.5, 0.6) is 17.4 Å². The Hall–Kier alpha value is -3.99. The maximum atomic E-state index is 13.9. The average molecular weight is 484 g/mol. The highest BCUT2D eigenvalue weighted by Crippen LogP contribution is 2.26. The molecule has 0 unspecified atom stereocenters. The summed E-state index contributed by atoms with van der Waals surface area (Å²) in [6, 6.07) is 13.3. The first-order chi connectivity index (χ1) is 16.1. The van der Waals surface area contributed by atoms with E-state index in [2.05, 4.69) is 19.8 Å². The number of aryl methyl sites for hydroxylation is 3. The van der Waals surface area contributed by atoms with E-state index >= 15 is 0 Å². The largest absolute Gasteiger partial charge is 0.494 e. The summed E-state index contributed by atoms with van der Waals surface area (Å²) in [6.45, 7) is 5.58. The Labute approximate surface area is 196 Å². The van der Waals surface area contributed by atoms with Crippen molar-refractivity contribution in [2.24, 2.45) is 0 Å². The van der Waals surface area contributed by atoms with Crippen molar-refractivity contribution in [1.82, 2.24) is 19.7 Å². The molecule has 0 bridgehead atoms. The van der Waals surface area contributed by atoms with Crippen molar-refractivity contribution in [3.63, 3.8) is 0 Å². The highest BCUT2D eigenvalue weighted by atomic mass is 32.2. The first-order valence-corrected chi connectivity index (χ1v) is 11.7. The molecule has 0 aliphatic heterocycles. The van der Waals surface area contributed by atoms with Crippen molar-refractivity contribution in [2.75, 3.05) is 11.8 Å². The molecule has 0 saturated carbocycles. The van der Waals surface area contributed by atoms with E-state index in [0.29, 0.717) is 23.3 Å². The Bertz CT molecular complexity index is 1450. The highest BCUT2D eigenvalue weighted by Gasteiger charge is 2.17. The molecule has 4 aromatic rings. The standard InChI is InChI=1S/C23H22FN5O4S/c1-14-11-15(2)29(27-14)22-13-23(26-16(3)25-22)33-18-7-5-17(6-8-18)28-34(30,31)19-9-10-21(32-4)20(24)12-19/h5-13,28H,1-4H3. The summed E-state index contributed by atoms with van der Waals surface area (Å²) in [7, 11) is -2.69. The monoisotopic (exact) mass is 483 g/mol. The van der Waals surface area contributed by atoms with Crippen LogP contribution in [0, 0.1) is 26.6 Å². The SMILES string of the molecule is COc1ccc(S(=O)(=O)Nc2ccc(Oc3cc(-n4nc(C)cc4C)nc(C)n3)cc2)cc1F. The number of anilines is 1. The Morgan fingerprint density at radius 2 is 1.71 bits per heavy atom. The highest BCUT2D eigenvalue weighted by molar-refractivity contribution is 7.92. The van der Waals surface area contributed by atoms with Gasteiger partial charge in [0, 0.05) is 17.4 Å². The molecule has 0 aliphatic rings. The van der Waals surface area contributed by atoms with Crippen LogP contribution in [0.25, 0.3) is 5.82 Å². The van der Waals surface area contributed by atoms with Gasteiger partial charge in [0.1, 0.15) is 11.6 Å². The van der Waals surface area contributed by atoms with Crippen LogP contribution in [0.15, 0.2) is 59.5 Å². The fourth-order valence-corrected chi connectivity index (χ4v) is 4.36. The minimum absolute atomic E-state index is 0.0404. The van der Waals surface area contributed by atoms with Gasteiger partial charge in [0.15, 0.2) is 17.4 Å². The number of hydrogen-bond acceptors (Lipinski definition) is 7. The maximum Gasteiger partial charge on any atom is 0.262 e. The van der Waals surface area contributed by atoms with Crippen molar-refractivity contribution in [2.45, 2.75) is 25.7 Å². The second-order valence-corrected chi connectivity index (χ2v) is 9.16. The molecular formula is C23H22FN5O4S. The van der Waals surface area contributed by atoms with Crippen LogP contribution in [0.2, 0.25) is 0 Å². The summed E-state index contributed by atoms with van der Waals surface area (Å²) in [5.41, 5.74) is 2.08. The molecule has 176 valence electrons. The number of nitrogens with one attached hydrogen (secondary N) is 1. The van der Waals surface area contributed by atoms with Gasteiger partial charge in [-0.2, -0.15) is 10.1 Å². The molecule has 4 rings (SSSR count). The van der Waals surface area contributed by atoms with E-state index in [0.717, 1.165) is 17.5 Å². The fraction of sp³-hybridized carbons (Fsp3) is 0.174. The first-order valence-electron chi connectivity index (χ1n) is 10.2. The number of aromatic nitrogens is 4. The third-order valence-corrected chi connectivity index (χ3v) is 6.17. The zero-order chi connectivity index (χ0) is 24.5. The molecule has 0 fully saturated rings. The number of halogens is 1. The predicted molar refractivity (Wildman–Crippen MR) is 124 cm³/mol. The Morgan fingerprint density at radius 1 is 0.971 bits per heavy atom. The van der Waals surface area contributed by atoms with Crippen molar-refractivity contribution in [3.05, 3.63) is 77.6 Å². The molecule has 2 heterocycles. The molecule has 2 aromatic carbocycles. The molecule has 1 N–H and O–H groups in total. The smallest absolute Gasteiger partial charge is 0.262 e. The second kappa shape index (κ2) is 9.10. The molecule has 2 aromatic heterocycles. The lowest BCUT2D eigenvalue weighted by atomic mass is 10.3. The minimum Gasteiger partial charge on any atom is -0.494 e. The normalized spacial score (nSPS) is 11.3. The van der Waals surface area contributed by atoms with Crippen LogP contribution in [-0.2, 0) is 10.0 Å². The van der Waals surface area contributed by atoms with Crippen LogP contribution >= 0.6 is 0 Å². The molecule has 34 heavy (non-hydrogen) atoms. The van der Waals surface area contributed by atoms with Crippen molar-refractivity contribution < 1.29 is 22.3 Å². The zero-order valence-corrected chi connectivity index (χ0v) is 19.7. The van der Waals surface area contributed by atoms with Crippen LogP contribution in [0.3, 0.4) is 0 Å². The Morgan fingerprint density at radius 3 is 2.32 bits per heavy atom. The van der Waals surface area contributed by atoms with E-state index in [1.165, 1.54) is 31.4 Å². The minimum atomic E-state index is -3.99. The second-order valence-electron chi connectivity index (χ2n) is 7.48. The quantitative estimate of drug-likeness (QED) is 0.417. The summed E-state index contributed by atoms with van der Waals surface area (Å²) >= 11 is 0. The molecule has 11 heteroatoms. The lowest BCUT2D eigenvalue weighted by Crippen LogP contribution is -2.13. The van der Waals surface area contributed by atoms with Crippen LogP contribution in [0.4, 0.5) is 10.1 Å². The summed E-state index contributed by atoms with van der Waals surface area (Å²) in [5, 5.41) is 4.43. The van der Waals surface area contributed by atoms with Gasteiger partial charge in [-0.3, -0.25) is 4.72 Å². The van der Waals surface area contributed by atoms with Crippen LogP contribution in [-0.4, -0.2) is 35.3 Å². The van der Waals surface area contributed by atoms with Crippen LogP contribution in [0.1, 0.15) is 17.2 Å². The van der Waals surface area contributed by atoms with Crippen molar-refractivity contribution in [3.8, 4) is 23.2 Å². The molecule has 0 spiro atoms. The number of sulfonamides is 1. The predicted octanol–water partition coefficient (Wildman–Crippen LogP) is 4.33. The number of nitrogens with zero attached hydrogens (tertiary/aromatic N) is 4. The first kappa shape index (κ1) is 23.2. The van der Waals surface area contributed by atoms with E-state index in [4.69, 9.17) is 9.47 Å². The number of benzene rings is 2. The zero-order valence-electron chi connectivity index (χ0n) is 18.9. The number of hydrogen-bond donors (Lipinski definition) is 1. The number of methoxy groups -OCH3 is 1. The van der Waals surface area contributed by atoms with Crippen LogP contribution < -0.4 is 14.2 Å². The number of rotatable bonds is 7.